The molecule has 14 heteroatoms. The number of likely N-dealkylation sites (tertiary alicyclic amines) is 1. The Labute approximate surface area is 222 Å². The van der Waals surface area contributed by atoms with Crippen LogP contribution in [-0.2, 0) is 9.59 Å². The van der Waals surface area contributed by atoms with Crippen molar-refractivity contribution in [3.05, 3.63) is 36.2 Å². The molecule has 0 aromatic carbocycles. The molecule has 0 spiro atoms. The van der Waals surface area contributed by atoms with E-state index in [0.29, 0.717) is 63.5 Å². The number of pyridine rings is 1. The standard InChI is InChI=1S/C25H27F2N9O3/c26-16-3-4-19-29-12-18(36(19)13-16)23-31-24(30-17-2-1-7-35(14-17)20(37)5-6-28)22(27)25(32-23)34-10-8-33(9-11-34)15-21(38)39/h3-4,12-13,17H,1-2,5,7-11,14-15H2,(H,38,39)(H,30,31,32)/t17-/m1/s1. The van der Waals surface area contributed by atoms with Crippen molar-refractivity contribution in [3.8, 4) is 17.6 Å². The van der Waals surface area contributed by atoms with Gasteiger partial charge in [0, 0.05) is 51.5 Å². The average Bonchev–Trinajstić information content (AvgIpc) is 3.33. The summed E-state index contributed by atoms with van der Waals surface area (Å²) in [5.41, 5.74) is 0.837. The van der Waals surface area contributed by atoms with Crippen molar-refractivity contribution in [1.29, 1.82) is 5.26 Å². The zero-order valence-electron chi connectivity index (χ0n) is 21.1. The second-order valence-corrected chi connectivity index (χ2v) is 9.57. The number of anilines is 2. The summed E-state index contributed by atoms with van der Waals surface area (Å²) >= 11 is 0. The maximum atomic E-state index is 16.0. The van der Waals surface area contributed by atoms with Crippen LogP contribution in [0.25, 0.3) is 17.2 Å². The Bertz CT molecular complexity index is 1430. The number of fused-ring (bicyclic) bond motifs is 1. The molecule has 2 aliphatic heterocycles. The number of rotatable bonds is 7. The number of halogens is 2. The minimum absolute atomic E-state index is 0.0389. The number of hydrogen-bond acceptors (Lipinski definition) is 9. The fraction of sp³-hybridized carbons (Fsp3) is 0.440. The number of carbonyl (C=O) groups excluding carboxylic acids is 1. The van der Waals surface area contributed by atoms with Crippen LogP contribution in [0, 0.1) is 23.0 Å². The van der Waals surface area contributed by atoms with E-state index >= 15 is 4.39 Å². The molecule has 5 heterocycles. The third-order valence-electron chi connectivity index (χ3n) is 6.91. The van der Waals surface area contributed by atoms with Crippen molar-refractivity contribution in [2.75, 3.05) is 56.0 Å². The average molecular weight is 540 g/mol. The van der Waals surface area contributed by atoms with Crippen LogP contribution < -0.4 is 10.2 Å². The van der Waals surface area contributed by atoms with Crippen molar-refractivity contribution >= 4 is 29.2 Å². The molecule has 2 N–H and O–H groups in total. The van der Waals surface area contributed by atoms with Crippen molar-refractivity contribution in [3.63, 3.8) is 0 Å². The first-order chi connectivity index (χ1) is 18.8. The Hall–Kier alpha value is -4.38. The monoisotopic (exact) mass is 539 g/mol. The van der Waals surface area contributed by atoms with E-state index in [-0.39, 0.29) is 42.4 Å². The largest absolute Gasteiger partial charge is 0.480 e. The van der Waals surface area contributed by atoms with Crippen LogP contribution in [0.4, 0.5) is 20.4 Å². The van der Waals surface area contributed by atoms with E-state index in [1.807, 2.05) is 6.07 Å². The molecule has 0 unspecified atom stereocenters. The maximum absolute atomic E-state index is 16.0. The van der Waals surface area contributed by atoms with Crippen molar-refractivity contribution in [1.82, 2.24) is 29.2 Å². The third kappa shape index (κ3) is 5.73. The number of amides is 1. The number of nitrogens with one attached hydrogen (secondary N) is 1. The van der Waals surface area contributed by atoms with Crippen LogP contribution in [0.5, 0.6) is 0 Å². The van der Waals surface area contributed by atoms with Gasteiger partial charge in [0.15, 0.2) is 17.5 Å². The van der Waals surface area contributed by atoms with Gasteiger partial charge in [-0.05, 0) is 25.0 Å². The van der Waals surface area contributed by atoms with Crippen LogP contribution >= 0.6 is 0 Å². The zero-order chi connectivity index (χ0) is 27.5. The lowest BCUT2D eigenvalue weighted by atomic mass is 10.1. The summed E-state index contributed by atoms with van der Waals surface area (Å²) in [5.74, 6) is -2.26. The van der Waals surface area contributed by atoms with Gasteiger partial charge in [-0.15, -0.1) is 0 Å². The highest BCUT2D eigenvalue weighted by atomic mass is 19.1. The van der Waals surface area contributed by atoms with Gasteiger partial charge in [0.2, 0.25) is 11.7 Å². The van der Waals surface area contributed by atoms with Crippen molar-refractivity contribution in [2.45, 2.75) is 25.3 Å². The lowest BCUT2D eigenvalue weighted by Crippen LogP contribution is -2.48. The molecule has 2 fully saturated rings. The van der Waals surface area contributed by atoms with Crippen LogP contribution in [-0.4, -0.2) is 98.0 Å². The summed E-state index contributed by atoms with van der Waals surface area (Å²) in [6.45, 7) is 2.23. The normalized spacial score (nSPS) is 18.2. The molecule has 3 aromatic heterocycles. The first kappa shape index (κ1) is 26.2. The van der Waals surface area contributed by atoms with Crippen molar-refractivity contribution < 1.29 is 23.5 Å². The summed E-state index contributed by atoms with van der Waals surface area (Å²) in [4.78, 5) is 41.7. The topological polar surface area (TPSA) is 143 Å². The maximum Gasteiger partial charge on any atom is 0.317 e. The summed E-state index contributed by atoms with van der Waals surface area (Å²) in [6.07, 6.45) is 3.87. The lowest BCUT2D eigenvalue weighted by molar-refractivity contribution is -0.138. The predicted molar refractivity (Wildman–Crippen MR) is 136 cm³/mol. The SMILES string of the molecule is N#CCC(=O)N1CCC[C@@H](Nc2nc(-c3cnc4ccc(F)cn34)nc(N3CCN(CC(=O)O)CC3)c2F)C1. The first-order valence-corrected chi connectivity index (χ1v) is 12.6. The Morgan fingerprint density at radius 3 is 2.69 bits per heavy atom. The van der Waals surface area contributed by atoms with Crippen LogP contribution in [0.2, 0.25) is 0 Å². The van der Waals surface area contributed by atoms with Gasteiger partial charge in [-0.2, -0.15) is 9.65 Å². The van der Waals surface area contributed by atoms with Gasteiger partial charge >= 0.3 is 5.97 Å². The molecule has 0 aliphatic carbocycles. The van der Waals surface area contributed by atoms with Gasteiger partial charge in [0.1, 0.15) is 23.6 Å². The van der Waals surface area contributed by atoms with E-state index in [1.165, 1.54) is 28.9 Å². The smallest absolute Gasteiger partial charge is 0.317 e. The number of aliphatic carboxylic acids is 1. The highest BCUT2D eigenvalue weighted by Gasteiger charge is 2.29. The van der Waals surface area contributed by atoms with Gasteiger partial charge in [0.25, 0.3) is 0 Å². The molecule has 1 amide bonds. The highest BCUT2D eigenvalue weighted by Crippen LogP contribution is 2.29. The molecule has 2 saturated heterocycles. The Morgan fingerprint density at radius 1 is 1.15 bits per heavy atom. The predicted octanol–water partition coefficient (Wildman–Crippen LogP) is 1.59. The second-order valence-electron chi connectivity index (χ2n) is 9.57. The third-order valence-corrected chi connectivity index (χ3v) is 6.91. The summed E-state index contributed by atoms with van der Waals surface area (Å²) in [7, 11) is 0. The van der Waals surface area contributed by atoms with Gasteiger partial charge in [-0.3, -0.25) is 18.9 Å². The molecule has 0 bridgehead atoms. The molecule has 0 saturated carbocycles. The summed E-state index contributed by atoms with van der Waals surface area (Å²) < 4.78 is 31.5. The highest BCUT2D eigenvalue weighted by molar-refractivity contribution is 5.78. The Morgan fingerprint density at radius 2 is 1.95 bits per heavy atom. The van der Waals surface area contributed by atoms with Gasteiger partial charge in [-0.25, -0.2) is 19.3 Å². The van der Waals surface area contributed by atoms with Crippen LogP contribution in [0.3, 0.4) is 0 Å². The minimum Gasteiger partial charge on any atom is -0.480 e. The molecule has 0 radical (unpaired) electrons. The molecule has 204 valence electrons. The minimum atomic E-state index is -0.931. The molecule has 5 rings (SSSR count). The van der Waals surface area contributed by atoms with E-state index in [1.54, 1.807) is 14.7 Å². The number of carboxylic acids is 1. The Kier molecular flexibility index (Phi) is 7.51. The molecule has 12 nitrogen and oxygen atoms in total. The molecule has 2 aliphatic rings. The lowest BCUT2D eigenvalue weighted by Gasteiger charge is -2.35. The first-order valence-electron chi connectivity index (χ1n) is 12.6. The van der Waals surface area contributed by atoms with Crippen LogP contribution in [0.1, 0.15) is 19.3 Å². The molecular formula is C25H27F2N9O3. The van der Waals surface area contributed by atoms with Gasteiger partial charge in [-0.1, -0.05) is 0 Å². The van der Waals surface area contributed by atoms with E-state index in [4.69, 9.17) is 10.4 Å². The number of hydrogen-bond donors (Lipinski definition) is 2. The number of nitriles is 1. The number of piperidine rings is 1. The van der Waals surface area contributed by atoms with E-state index in [0.717, 1.165) is 0 Å². The fourth-order valence-electron chi connectivity index (χ4n) is 4.98. The van der Waals surface area contributed by atoms with Gasteiger partial charge in [0.05, 0.1) is 18.8 Å². The number of piperazine rings is 1. The number of carbonyl (C=O) groups is 2. The molecule has 1 atom stereocenters. The summed E-state index contributed by atoms with van der Waals surface area (Å²) in [5, 5.41) is 21.1. The quantitative estimate of drug-likeness (QED) is 0.454. The number of imidazole rings is 1. The van der Waals surface area contributed by atoms with E-state index < -0.39 is 17.6 Å². The van der Waals surface area contributed by atoms with Crippen LogP contribution in [0.15, 0.2) is 24.5 Å². The number of nitrogens with zero attached hydrogens (tertiary/aromatic N) is 8. The van der Waals surface area contributed by atoms with Gasteiger partial charge < -0.3 is 20.2 Å². The fourth-order valence-corrected chi connectivity index (χ4v) is 4.98. The van der Waals surface area contributed by atoms with Crippen molar-refractivity contribution in [2.24, 2.45) is 0 Å². The second kappa shape index (κ2) is 11.2. The molecule has 3 aromatic rings. The molecular weight excluding hydrogens is 512 g/mol. The zero-order valence-corrected chi connectivity index (χ0v) is 21.1. The Balaban J connectivity index is 1.48. The number of aromatic nitrogens is 4. The van der Waals surface area contributed by atoms with E-state index in [9.17, 15) is 14.0 Å². The summed E-state index contributed by atoms with van der Waals surface area (Å²) in [6, 6.07) is 4.36. The van der Waals surface area contributed by atoms with E-state index in [2.05, 4.69) is 20.3 Å². The number of carboxylic acid groups (broad SMARTS) is 1. The molecule has 39 heavy (non-hydrogen) atoms.